The van der Waals surface area contributed by atoms with Gasteiger partial charge in [0.1, 0.15) is 12.1 Å². The van der Waals surface area contributed by atoms with Crippen molar-refractivity contribution in [3.8, 4) is 0 Å². The van der Waals surface area contributed by atoms with Gasteiger partial charge in [-0.2, -0.15) is 0 Å². The second kappa shape index (κ2) is 4.22. The van der Waals surface area contributed by atoms with Crippen LogP contribution in [-0.2, 0) is 9.59 Å². The van der Waals surface area contributed by atoms with E-state index in [2.05, 4.69) is 19.2 Å². The zero-order valence-corrected chi connectivity index (χ0v) is 12.1. The number of carbonyl (C=O) groups is 2. The Balaban J connectivity index is 1.88. The van der Waals surface area contributed by atoms with Gasteiger partial charge in [0.25, 0.3) is 0 Å². The third-order valence-corrected chi connectivity index (χ3v) is 5.24. The van der Waals surface area contributed by atoms with E-state index in [-0.39, 0.29) is 35.4 Å². The number of rotatable bonds is 2. The van der Waals surface area contributed by atoms with Gasteiger partial charge in [-0.3, -0.25) is 9.59 Å². The summed E-state index contributed by atoms with van der Waals surface area (Å²) in [6.07, 6.45) is 5.49. The monoisotopic (exact) mass is 264 g/mol. The summed E-state index contributed by atoms with van der Waals surface area (Å²) in [4.78, 5) is 26.8. The van der Waals surface area contributed by atoms with E-state index in [4.69, 9.17) is 0 Å². The van der Waals surface area contributed by atoms with Gasteiger partial charge in [0, 0.05) is 6.04 Å². The lowest BCUT2D eigenvalue weighted by atomic mass is 9.84. The molecule has 3 atom stereocenters. The summed E-state index contributed by atoms with van der Waals surface area (Å²) in [6, 6.07) is -0.340. The van der Waals surface area contributed by atoms with Gasteiger partial charge in [-0.05, 0) is 43.9 Å². The number of carbonyl (C=O) groups excluding carboxylic acids is 2. The number of piperazine rings is 1. The second-order valence-corrected chi connectivity index (χ2v) is 7.14. The van der Waals surface area contributed by atoms with Crippen molar-refractivity contribution in [2.75, 3.05) is 0 Å². The molecule has 1 N–H and O–H groups in total. The lowest BCUT2D eigenvalue weighted by molar-refractivity contribution is -0.154. The van der Waals surface area contributed by atoms with Crippen LogP contribution in [0.5, 0.6) is 0 Å². The highest BCUT2D eigenvalue weighted by atomic mass is 16.2. The Morgan fingerprint density at radius 1 is 1.21 bits per heavy atom. The quantitative estimate of drug-likeness (QED) is 0.825. The third-order valence-electron chi connectivity index (χ3n) is 5.24. The van der Waals surface area contributed by atoms with Crippen molar-refractivity contribution >= 4 is 11.8 Å². The standard InChI is InChI=1S/C15H24N2O2/c1-9-13(18)16-12(10-6-7-10)14(19)17(9)11-5-4-8-15(11,2)3/h9-12H,4-8H2,1-3H3,(H,16,18). The molecule has 19 heavy (non-hydrogen) atoms. The Bertz CT molecular complexity index is 414. The Hall–Kier alpha value is -1.06. The van der Waals surface area contributed by atoms with Gasteiger partial charge in [-0.15, -0.1) is 0 Å². The van der Waals surface area contributed by atoms with Gasteiger partial charge in [-0.25, -0.2) is 0 Å². The molecule has 4 heteroatoms. The minimum atomic E-state index is -0.315. The molecule has 0 radical (unpaired) electrons. The first-order chi connectivity index (χ1) is 8.92. The molecule has 0 bridgehead atoms. The predicted molar refractivity (Wildman–Crippen MR) is 72.4 cm³/mol. The van der Waals surface area contributed by atoms with Crippen molar-refractivity contribution in [3.63, 3.8) is 0 Å². The topological polar surface area (TPSA) is 49.4 Å². The molecule has 2 saturated carbocycles. The average Bonchev–Trinajstić information content (AvgIpc) is 3.11. The molecule has 1 aliphatic heterocycles. The number of nitrogens with zero attached hydrogens (tertiary/aromatic N) is 1. The first kappa shape index (κ1) is 12.9. The molecule has 0 aromatic rings. The summed E-state index contributed by atoms with van der Waals surface area (Å²) < 4.78 is 0. The van der Waals surface area contributed by atoms with Gasteiger partial charge < -0.3 is 10.2 Å². The van der Waals surface area contributed by atoms with Crippen LogP contribution in [-0.4, -0.2) is 34.8 Å². The first-order valence-electron chi connectivity index (χ1n) is 7.54. The van der Waals surface area contributed by atoms with Crippen LogP contribution in [0.3, 0.4) is 0 Å². The van der Waals surface area contributed by atoms with E-state index < -0.39 is 0 Å². The molecule has 1 heterocycles. The van der Waals surface area contributed by atoms with Crippen LogP contribution in [0.15, 0.2) is 0 Å². The number of amides is 2. The maximum Gasteiger partial charge on any atom is 0.246 e. The Kier molecular flexibility index (Phi) is 2.88. The van der Waals surface area contributed by atoms with Crippen molar-refractivity contribution in [1.82, 2.24) is 10.2 Å². The molecule has 0 spiro atoms. The van der Waals surface area contributed by atoms with E-state index in [1.165, 1.54) is 0 Å². The first-order valence-corrected chi connectivity index (χ1v) is 7.54. The summed E-state index contributed by atoms with van der Waals surface area (Å²) >= 11 is 0. The molecular weight excluding hydrogens is 240 g/mol. The van der Waals surface area contributed by atoms with Crippen LogP contribution in [0.2, 0.25) is 0 Å². The van der Waals surface area contributed by atoms with Crippen LogP contribution in [0.1, 0.15) is 52.9 Å². The maximum atomic E-state index is 12.7. The summed E-state index contributed by atoms with van der Waals surface area (Å²) in [7, 11) is 0. The van der Waals surface area contributed by atoms with Gasteiger partial charge in [0.2, 0.25) is 11.8 Å². The minimum Gasteiger partial charge on any atom is -0.342 e. The summed E-state index contributed by atoms with van der Waals surface area (Å²) in [5, 5.41) is 2.93. The zero-order chi connectivity index (χ0) is 13.8. The summed E-state index contributed by atoms with van der Waals surface area (Å²) in [5.41, 5.74) is 0.135. The molecule has 3 unspecified atom stereocenters. The zero-order valence-electron chi connectivity index (χ0n) is 12.1. The molecule has 4 nitrogen and oxygen atoms in total. The Labute approximate surface area is 114 Å². The largest absolute Gasteiger partial charge is 0.342 e. The normalized spacial score (nSPS) is 38.5. The molecule has 2 aliphatic carbocycles. The smallest absolute Gasteiger partial charge is 0.246 e. The summed E-state index contributed by atoms with van der Waals surface area (Å²) in [6.45, 7) is 6.32. The lowest BCUT2D eigenvalue weighted by Crippen LogP contribution is -2.66. The lowest BCUT2D eigenvalue weighted by Gasteiger charge is -2.45. The van der Waals surface area contributed by atoms with Crippen LogP contribution >= 0.6 is 0 Å². The van der Waals surface area contributed by atoms with Gasteiger partial charge in [0.15, 0.2) is 0 Å². The van der Waals surface area contributed by atoms with E-state index >= 15 is 0 Å². The SMILES string of the molecule is CC1C(=O)NC(C2CC2)C(=O)N1C1CCCC1(C)C. The molecule has 0 aromatic carbocycles. The number of hydrogen-bond donors (Lipinski definition) is 1. The van der Waals surface area contributed by atoms with Crippen molar-refractivity contribution in [2.45, 2.75) is 71.0 Å². The third kappa shape index (κ3) is 2.05. The van der Waals surface area contributed by atoms with E-state index in [1.807, 2.05) is 11.8 Å². The molecule has 3 rings (SSSR count). The van der Waals surface area contributed by atoms with Crippen molar-refractivity contribution in [3.05, 3.63) is 0 Å². The minimum absolute atomic E-state index is 0.0270. The summed E-state index contributed by atoms with van der Waals surface area (Å²) in [5.74, 6) is 0.574. The number of nitrogens with one attached hydrogen (secondary N) is 1. The van der Waals surface area contributed by atoms with Crippen LogP contribution in [0.4, 0.5) is 0 Å². The van der Waals surface area contributed by atoms with Crippen molar-refractivity contribution in [2.24, 2.45) is 11.3 Å². The highest BCUT2D eigenvalue weighted by Gasteiger charge is 2.51. The number of hydrogen-bond acceptors (Lipinski definition) is 2. The molecule has 1 saturated heterocycles. The molecule has 3 fully saturated rings. The fourth-order valence-electron chi connectivity index (χ4n) is 3.81. The van der Waals surface area contributed by atoms with E-state index in [0.29, 0.717) is 5.92 Å². The van der Waals surface area contributed by atoms with Crippen molar-refractivity contribution < 1.29 is 9.59 Å². The van der Waals surface area contributed by atoms with Gasteiger partial charge in [-0.1, -0.05) is 20.3 Å². The van der Waals surface area contributed by atoms with Crippen LogP contribution < -0.4 is 5.32 Å². The van der Waals surface area contributed by atoms with Gasteiger partial charge >= 0.3 is 0 Å². The van der Waals surface area contributed by atoms with E-state index in [9.17, 15) is 9.59 Å². The molecular formula is C15H24N2O2. The molecule has 106 valence electrons. The van der Waals surface area contributed by atoms with Crippen LogP contribution in [0.25, 0.3) is 0 Å². The van der Waals surface area contributed by atoms with Crippen LogP contribution in [0, 0.1) is 11.3 Å². The highest BCUT2D eigenvalue weighted by Crippen LogP contribution is 2.43. The van der Waals surface area contributed by atoms with Gasteiger partial charge in [0.05, 0.1) is 0 Å². The molecule has 0 aromatic heterocycles. The van der Waals surface area contributed by atoms with E-state index in [0.717, 1.165) is 32.1 Å². The maximum absolute atomic E-state index is 12.7. The molecule has 3 aliphatic rings. The molecule has 2 amide bonds. The predicted octanol–water partition coefficient (Wildman–Crippen LogP) is 1.69. The fourth-order valence-corrected chi connectivity index (χ4v) is 3.81. The Morgan fingerprint density at radius 3 is 2.42 bits per heavy atom. The second-order valence-electron chi connectivity index (χ2n) is 7.14. The highest BCUT2D eigenvalue weighted by molar-refractivity contribution is 5.97. The van der Waals surface area contributed by atoms with Crippen molar-refractivity contribution in [1.29, 1.82) is 0 Å². The van der Waals surface area contributed by atoms with E-state index in [1.54, 1.807) is 0 Å². The Morgan fingerprint density at radius 2 is 1.89 bits per heavy atom. The average molecular weight is 264 g/mol. The fraction of sp³-hybridized carbons (Fsp3) is 0.867.